The zero-order valence-corrected chi connectivity index (χ0v) is 7.36. The van der Waals surface area contributed by atoms with Crippen LogP contribution in [0.15, 0.2) is 0 Å². The topological polar surface area (TPSA) is 18.5 Å². The molecule has 0 saturated carbocycles. The molecule has 2 nitrogen and oxygen atoms in total. The van der Waals surface area contributed by atoms with Crippen molar-refractivity contribution in [1.29, 1.82) is 0 Å². The molecule has 1 aliphatic heterocycles. The van der Waals surface area contributed by atoms with Crippen molar-refractivity contribution >= 4 is 0 Å². The first kappa shape index (κ1) is 12.6. The van der Waals surface area contributed by atoms with Gasteiger partial charge in [0, 0.05) is 13.0 Å². The summed E-state index contributed by atoms with van der Waals surface area (Å²) < 4.78 is 80.2. The second-order valence-electron chi connectivity index (χ2n) is 3.04. The summed E-state index contributed by atoms with van der Waals surface area (Å²) >= 11 is 0. The zero-order valence-electron chi connectivity index (χ0n) is 7.36. The van der Waals surface area contributed by atoms with Gasteiger partial charge in [-0.15, -0.1) is 0 Å². The molecule has 0 aromatic rings. The maximum absolute atomic E-state index is 12.0. The van der Waals surface area contributed by atoms with Crippen molar-refractivity contribution < 1.29 is 35.8 Å². The third kappa shape index (κ3) is 3.53. The van der Waals surface area contributed by atoms with Crippen LogP contribution in [0.4, 0.5) is 26.3 Å². The molecule has 1 rings (SSSR count). The zero-order chi connectivity index (χ0) is 11.7. The van der Waals surface area contributed by atoms with Crippen molar-refractivity contribution in [1.82, 2.24) is 0 Å². The first-order valence-electron chi connectivity index (χ1n) is 4.12. The Morgan fingerprint density at radius 3 is 1.93 bits per heavy atom. The van der Waals surface area contributed by atoms with E-state index in [1.165, 1.54) is 0 Å². The molecule has 0 amide bonds. The van der Waals surface area contributed by atoms with Crippen LogP contribution in [0, 0.1) is 0 Å². The molecule has 0 radical (unpaired) electrons. The average Bonchev–Trinajstić information content (AvgIpc) is 2.46. The maximum Gasteiger partial charge on any atom is 0.423 e. The highest BCUT2D eigenvalue weighted by atomic mass is 19.4. The van der Waals surface area contributed by atoms with Gasteiger partial charge in [0.1, 0.15) is 0 Å². The predicted molar refractivity (Wildman–Crippen MR) is 36.0 cm³/mol. The Hall–Kier alpha value is -0.500. The second-order valence-corrected chi connectivity index (χ2v) is 3.04. The van der Waals surface area contributed by atoms with Crippen molar-refractivity contribution in [2.24, 2.45) is 0 Å². The van der Waals surface area contributed by atoms with Gasteiger partial charge in [0.2, 0.25) is 0 Å². The summed E-state index contributed by atoms with van der Waals surface area (Å²) in [6, 6.07) is 0. The molecule has 0 bridgehead atoms. The van der Waals surface area contributed by atoms with E-state index in [2.05, 4.69) is 9.47 Å². The Labute approximate surface area is 81.1 Å². The first-order valence-corrected chi connectivity index (χ1v) is 4.12. The van der Waals surface area contributed by atoms with E-state index in [0.29, 0.717) is 6.42 Å². The molecule has 8 heteroatoms. The lowest BCUT2D eigenvalue weighted by Gasteiger charge is -2.25. The summed E-state index contributed by atoms with van der Waals surface area (Å²) in [5.74, 6) is 0. The van der Waals surface area contributed by atoms with Crippen molar-refractivity contribution in [3.05, 3.63) is 0 Å². The molecule has 0 aromatic carbocycles. The second kappa shape index (κ2) is 4.17. The lowest BCUT2D eigenvalue weighted by atomic mass is 10.3. The van der Waals surface area contributed by atoms with Gasteiger partial charge in [-0.25, -0.2) is 0 Å². The minimum atomic E-state index is -5.47. The van der Waals surface area contributed by atoms with E-state index >= 15 is 0 Å². The Kier molecular flexibility index (Phi) is 3.49. The van der Waals surface area contributed by atoms with Gasteiger partial charge in [-0.05, 0) is 6.42 Å². The van der Waals surface area contributed by atoms with Crippen LogP contribution in [0.2, 0.25) is 0 Å². The molecule has 0 aromatic heterocycles. The number of rotatable bonds is 2. The van der Waals surface area contributed by atoms with Gasteiger partial charge in [-0.3, -0.25) is 0 Å². The Morgan fingerprint density at radius 1 is 1.07 bits per heavy atom. The maximum atomic E-state index is 12.0. The standard InChI is InChI=1S/C7H8F6O2/c8-6(9,10)5(7(11,12)13)15-4-2-1-3-14-4/h4-5H,1-3H2. The van der Waals surface area contributed by atoms with Gasteiger partial charge in [0.25, 0.3) is 6.10 Å². The molecule has 1 unspecified atom stereocenters. The summed E-state index contributed by atoms with van der Waals surface area (Å²) in [4.78, 5) is 0. The lowest BCUT2D eigenvalue weighted by Crippen LogP contribution is -2.46. The smallest absolute Gasteiger partial charge is 0.353 e. The monoisotopic (exact) mass is 238 g/mol. The third-order valence-electron chi connectivity index (χ3n) is 1.77. The van der Waals surface area contributed by atoms with Crippen molar-refractivity contribution in [3.63, 3.8) is 0 Å². The number of hydrogen-bond acceptors (Lipinski definition) is 2. The summed E-state index contributed by atoms with van der Waals surface area (Å²) in [7, 11) is 0. The predicted octanol–water partition coefficient (Wildman–Crippen LogP) is 2.63. The number of alkyl halides is 6. The van der Waals surface area contributed by atoms with Crippen LogP contribution in [0.5, 0.6) is 0 Å². The van der Waals surface area contributed by atoms with Crippen molar-refractivity contribution in [2.45, 2.75) is 37.6 Å². The number of ether oxygens (including phenoxy) is 2. The van der Waals surface area contributed by atoms with Gasteiger partial charge in [-0.1, -0.05) is 0 Å². The van der Waals surface area contributed by atoms with E-state index in [0.717, 1.165) is 0 Å². The molecule has 1 fully saturated rings. The third-order valence-corrected chi connectivity index (χ3v) is 1.77. The quantitative estimate of drug-likeness (QED) is 0.688. The number of halogens is 6. The fourth-order valence-corrected chi connectivity index (χ4v) is 1.15. The van der Waals surface area contributed by atoms with Gasteiger partial charge in [0.15, 0.2) is 6.29 Å². The van der Waals surface area contributed by atoms with Crippen LogP contribution in [0.3, 0.4) is 0 Å². The summed E-state index contributed by atoms with van der Waals surface area (Å²) in [6.07, 6.45) is -15.7. The largest absolute Gasteiger partial charge is 0.423 e. The molecule has 1 saturated heterocycles. The van der Waals surface area contributed by atoms with E-state index in [9.17, 15) is 26.3 Å². The average molecular weight is 238 g/mol. The summed E-state index contributed by atoms with van der Waals surface area (Å²) in [5, 5.41) is 0. The normalized spacial score (nSPS) is 23.8. The fourth-order valence-electron chi connectivity index (χ4n) is 1.15. The molecular formula is C7H8F6O2. The van der Waals surface area contributed by atoms with E-state index in [-0.39, 0.29) is 13.0 Å². The van der Waals surface area contributed by atoms with Crippen molar-refractivity contribution in [3.8, 4) is 0 Å². The molecule has 1 aliphatic rings. The van der Waals surface area contributed by atoms with Crippen LogP contribution >= 0.6 is 0 Å². The van der Waals surface area contributed by atoms with E-state index in [1.54, 1.807) is 0 Å². The molecule has 0 spiro atoms. The van der Waals surface area contributed by atoms with E-state index < -0.39 is 24.7 Å². The summed E-state index contributed by atoms with van der Waals surface area (Å²) in [5.41, 5.74) is 0. The van der Waals surface area contributed by atoms with Gasteiger partial charge in [0.05, 0.1) is 0 Å². The Morgan fingerprint density at radius 2 is 1.60 bits per heavy atom. The van der Waals surface area contributed by atoms with Crippen LogP contribution in [0.1, 0.15) is 12.8 Å². The summed E-state index contributed by atoms with van der Waals surface area (Å²) in [6.45, 7) is 0.118. The van der Waals surface area contributed by atoms with Gasteiger partial charge >= 0.3 is 12.4 Å². The minimum absolute atomic E-state index is 0.0443. The molecule has 15 heavy (non-hydrogen) atoms. The molecule has 1 atom stereocenters. The Balaban J connectivity index is 2.65. The number of hydrogen-bond donors (Lipinski definition) is 0. The molecule has 0 aliphatic carbocycles. The highest BCUT2D eigenvalue weighted by molar-refractivity contribution is 4.77. The van der Waals surface area contributed by atoms with Crippen LogP contribution < -0.4 is 0 Å². The highest BCUT2D eigenvalue weighted by Gasteiger charge is 2.59. The van der Waals surface area contributed by atoms with Crippen LogP contribution in [-0.2, 0) is 9.47 Å². The highest BCUT2D eigenvalue weighted by Crippen LogP contribution is 2.37. The lowest BCUT2D eigenvalue weighted by molar-refractivity contribution is -0.348. The SMILES string of the molecule is FC(F)(F)C(OC1CCCO1)C(F)(F)F. The van der Waals surface area contributed by atoms with E-state index in [4.69, 9.17) is 0 Å². The van der Waals surface area contributed by atoms with Gasteiger partial charge in [-0.2, -0.15) is 26.3 Å². The van der Waals surface area contributed by atoms with E-state index in [1.807, 2.05) is 0 Å². The van der Waals surface area contributed by atoms with Crippen molar-refractivity contribution in [2.75, 3.05) is 6.61 Å². The fraction of sp³-hybridized carbons (Fsp3) is 1.00. The molecule has 90 valence electrons. The molecule has 1 heterocycles. The van der Waals surface area contributed by atoms with Crippen LogP contribution in [-0.4, -0.2) is 31.4 Å². The molecule has 0 N–H and O–H groups in total. The van der Waals surface area contributed by atoms with Crippen LogP contribution in [0.25, 0.3) is 0 Å². The minimum Gasteiger partial charge on any atom is -0.353 e. The molecular weight excluding hydrogens is 230 g/mol. The first-order chi connectivity index (χ1) is 6.71. The Bertz CT molecular complexity index is 191. The van der Waals surface area contributed by atoms with Gasteiger partial charge < -0.3 is 9.47 Å².